The smallest absolute Gasteiger partial charge is 0.228 e. The third kappa shape index (κ3) is 2.22. The summed E-state index contributed by atoms with van der Waals surface area (Å²) in [6, 6.07) is 1.74. The van der Waals surface area contributed by atoms with Crippen LogP contribution >= 0.6 is 11.3 Å². The van der Waals surface area contributed by atoms with Crippen molar-refractivity contribution in [3.05, 3.63) is 29.0 Å². The summed E-state index contributed by atoms with van der Waals surface area (Å²) in [5, 5.41) is 3.59. The summed E-state index contributed by atoms with van der Waals surface area (Å²) in [6.45, 7) is 3.34. The van der Waals surface area contributed by atoms with Gasteiger partial charge in [-0.3, -0.25) is 4.79 Å². The van der Waals surface area contributed by atoms with Gasteiger partial charge in [0.15, 0.2) is 10.9 Å². The number of Topliss-reactive ketones (excluding diaryl/α,β-unsaturated/α-hetero) is 1. The Kier molecular flexibility index (Phi) is 2.91. The number of hydrogen-bond donors (Lipinski definition) is 1. The molecule has 0 aromatic carbocycles. The molecule has 0 saturated heterocycles. The first-order valence-electron chi connectivity index (χ1n) is 4.69. The number of rotatable bonds is 3. The highest BCUT2D eigenvalue weighted by Crippen LogP contribution is 2.24. The predicted molar refractivity (Wildman–Crippen MR) is 62.2 cm³/mol. The first-order chi connectivity index (χ1) is 7.66. The van der Waals surface area contributed by atoms with E-state index in [1.165, 1.54) is 18.3 Å². The van der Waals surface area contributed by atoms with Crippen molar-refractivity contribution in [2.24, 2.45) is 0 Å². The maximum Gasteiger partial charge on any atom is 0.228 e. The van der Waals surface area contributed by atoms with E-state index in [-0.39, 0.29) is 5.78 Å². The lowest BCUT2D eigenvalue weighted by atomic mass is 10.3. The Bertz CT molecular complexity index is 509. The zero-order valence-electron chi connectivity index (χ0n) is 8.89. The molecule has 0 atom stereocenters. The molecule has 0 bridgehead atoms. The number of nitrogens with zero attached hydrogens (tertiary/aromatic N) is 3. The van der Waals surface area contributed by atoms with Gasteiger partial charge in [-0.1, -0.05) is 11.3 Å². The molecule has 1 N–H and O–H groups in total. The Hall–Kier alpha value is -1.82. The van der Waals surface area contributed by atoms with Crippen LogP contribution in [0.25, 0.3) is 0 Å². The average Bonchev–Trinajstić information content (AvgIpc) is 2.61. The normalized spacial score (nSPS) is 10.1. The summed E-state index contributed by atoms with van der Waals surface area (Å²) in [5.41, 5.74) is 0.732. The molecule has 0 spiro atoms. The van der Waals surface area contributed by atoms with E-state index in [2.05, 4.69) is 20.3 Å². The minimum absolute atomic E-state index is 0.0250. The summed E-state index contributed by atoms with van der Waals surface area (Å²) >= 11 is 1.31. The van der Waals surface area contributed by atoms with Crippen LogP contribution in [0.4, 0.5) is 11.1 Å². The van der Waals surface area contributed by atoms with Crippen LogP contribution < -0.4 is 5.32 Å². The number of aryl methyl sites for hydroxylation is 1. The number of thiazole rings is 1. The van der Waals surface area contributed by atoms with Crippen molar-refractivity contribution in [1.82, 2.24) is 15.0 Å². The summed E-state index contributed by atoms with van der Waals surface area (Å²) in [4.78, 5) is 24.2. The van der Waals surface area contributed by atoms with Gasteiger partial charge in [0.05, 0.1) is 10.6 Å². The molecule has 2 aromatic rings. The number of carbonyl (C=O) groups excluding carboxylic acids is 1. The first kappa shape index (κ1) is 10.7. The molecule has 0 saturated carbocycles. The van der Waals surface area contributed by atoms with Gasteiger partial charge in [0.1, 0.15) is 0 Å². The van der Waals surface area contributed by atoms with Gasteiger partial charge in [0.2, 0.25) is 5.95 Å². The standard InChI is InChI=1S/C10H10N4OS/c1-6-8(7(2)15)16-10(13-6)14-9-11-4-3-5-12-9/h3-5H,1-2H3,(H,11,12,13,14). The summed E-state index contributed by atoms with van der Waals surface area (Å²) in [5.74, 6) is 0.503. The highest BCUT2D eigenvalue weighted by atomic mass is 32.1. The lowest BCUT2D eigenvalue weighted by Gasteiger charge is -1.97. The topological polar surface area (TPSA) is 67.8 Å². The van der Waals surface area contributed by atoms with E-state index in [9.17, 15) is 4.79 Å². The van der Waals surface area contributed by atoms with Crippen molar-refractivity contribution in [3.8, 4) is 0 Å². The first-order valence-corrected chi connectivity index (χ1v) is 5.51. The number of carbonyl (C=O) groups is 1. The minimum Gasteiger partial charge on any atom is -0.300 e. The molecule has 0 fully saturated rings. The molecule has 0 radical (unpaired) electrons. The fourth-order valence-electron chi connectivity index (χ4n) is 1.24. The van der Waals surface area contributed by atoms with Gasteiger partial charge in [0, 0.05) is 19.3 Å². The molecule has 5 nitrogen and oxygen atoms in total. The molecule has 2 rings (SSSR count). The molecular weight excluding hydrogens is 224 g/mol. The zero-order valence-corrected chi connectivity index (χ0v) is 9.71. The van der Waals surface area contributed by atoms with E-state index in [1.54, 1.807) is 18.5 Å². The fraction of sp³-hybridized carbons (Fsp3) is 0.200. The van der Waals surface area contributed by atoms with Crippen LogP contribution in [0.3, 0.4) is 0 Å². The highest BCUT2D eigenvalue weighted by molar-refractivity contribution is 7.17. The van der Waals surface area contributed by atoms with Crippen LogP contribution in [0.15, 0.2) is 18.5 Å². The van der Waals surface area contributed by atoms with Crippen LogP contribution in [0, 0.1) is 6.92 Å². The fourth-order valence-corrected chi connectivity index (χ4v) is 2.09. The van der Waals surface area contributed by atoms with Crippen molar-refractivity contribution in [3.63, 3.8) is 0 Å². The predicted octanol–water partition coefficient (Wildman–Crippen LogP) is 2.19. The molecule has 0 amide bonds. The Labute approximate surface area is 96.6 Å². The number of nitrogens with one attached hydrogen (secondary N) is 1. The molecule has 2 heterocycles. The largest absolute Gasteiger partial charge is 0.300 e. The molecule has 0 aliphatic carbocycles. The minimum atomic E-state index is 0.0250. The van der Waals surface area contributed by atoms with Crippen molar-refractivity contribution in [2.75, 3.05) is 5.32 Å². The summed E-state index contributed by atoms with van der Waals surface area (Å²) in [7, 11) is 0. The Morgan fingerprint density at radius 3 is 2.62 bits per heavy atom. The second-order valence-corrected chi connectivity index (χ2v) is 4.19. The molecule has 0 unspecified atom stereocenters. The van der Waals surface area contributed by atoms with Crippen molar-refractivity contribution in [1.29, 1.82) is 0 Å². The molecule has 6 heteroatoms. The second-order valence-electron chi connectivity index (χ2n) is 3.19. The van der Waals surface area contributed by atoms with Gasteiger partial charge in [0.25, 0.3) is 0 Å². The van der Waals surface area contributed by atoms with Gasteiger partial charge in [-0.05, 0) is 13.0 Å². The molecular formula is C10H10N4OS. The van der Waals surface area contributed by atoms with E-state index in [0.717, 1.165) is 5.69 Å². The third-order valence-electron chi connectivity index (χ3n) is 1.90. The molecule has 82 valence electrons. The van der Waals surface area contributed by atoms with Crippen molar-refractivity contribution >= 4 is 28.2 Å². The Morgan fingerprint density at radius 1 is 1.38 bits per heavy atom. The average molecular weight is 234 g/mol. The highest BCUT2D eigenvalue weighted by Gasteiger charge is 2.11. The zero-order chi connectivity index (χ0) is 11.5. The lowest BCUT2D eigenvalue weighted by Crippen LogP contribution is -1.94. The summed E-state index contributed by atoms with van der Waals surface area (Å²) in [6.07, 6.45) is 3.28. The molecule has 2 aromatic heterocycles. The van der Waals surface area contributed by atoms with Crippen LogP contribution in [-0.2, 0) is 0 Å². The molecule has 0 aliphatic heterocycles. The Morgan fingerprint density at radius 2 is 2.06 bits per heavy atom. The van der Waals surface area contributed by atoms with E-state index < -0.39 is 0 Å². The van der Waals surface area contributed by atoms with E-state index in [1.807, 2.05) is 6.92 Å². The van der Waals surface area contributed by atoms with Gasteiger partial charge in [-0.2, -0.15) is 0 Å². The molecule has 16 heavy (non-hydrogen) atoms. The van der Waals surface area contributed by atoms with Crippen LogP contribution in [0.5, 0.6) is 0 Å². The maximum absolute atomic E-state index is 11.2. The van der Waals surface area contributed by atoms with Gasteiger partial charge < -0.3 is 5.32 Å². The van der Waals surface area contributed by atoms with E-state index in [4.69, 9.17) is 0 Å². The number of anilines is 2. The molecule has 0 aliphatic rings. The SMILES string of the molecule is CC(=O)c1sc(Nc2ncccn2)nc1C. The number of aromatic nitrogens is 3. The van der Waals surface area contributed by atoms with Crippen molar-refractivity contribution < 1.29 is 4.79 Å². The van der Waals surface area contributed by atoms with Gasteiger partial charge in [-0.15, -0.1) is 0 Å². The van der Waals surface area contributed by atoms with Crippen LogP contribution in [-0.4, -0.2) is 20.7 Å². The monoisotopic (exact) mass is 234 g/mol. The lowest BCUT2D eigenvalue weighted by molar-refractivity contribution is 0.102. The van der Waals surface area contributed by atoms with Gasteiger partial charge >= 0.3 is 0 Å². The maximum atomic E-state index is 11.2. The third-order valence-corrected chi connectivity index (χ3v) is 3.07. The van der Waals surface area contributed by atoms with E-state index >= 15 is 0 Å². The van der Waals surface area contributed by atoms with E-state index in [0.29, 0.717) is 16.0 Å². The van der Waals surface area contributed by atoms with Gasteiger partial charge in [-0.25, -0.2) is 15.0 Å². The Balaban J connectivity index is 2.23. The quantitative estimate of drug-likeness (QED) is 0.824. The van der Waals surface area contributed by atoms with Crippen molar-refractivity contribution in [2.45, 2.75) is 13.8 Å². The van der Waals surface area contributed by atoms with Crippen LogP contribution in [0.1, 0.15) is 22.3 Å². The summed E-state index contributed by atoms with van der Waals surface area (Å²) < 4.78 is 0. The number of ketones is 1. The van der Waals surface area contributed by atoms with Crippen LogP contribution in [0.2, 0.25) is 0 Å². The number of hydrogen-bond acceptors (Lipinski definition) is 6. The second kappa shape index (κ2) is 4.36.